The van der Waals surface area contributed by atoms with Gasteiger partial charge in [-0.2, -0.15) is 0 Å². The quantitative estimate of drug-likeness (QED) is 0.781. The highest BCUT2D eigenvalue weighted by Crippen LogP contribution is 2.16. The van der Waals surface area contributed by atoms with Gasteiger partial charge in [0.05, 0.1) is 12.6 Å². The fourth-order valence-electron chi connectivity index (χ4n) is 2.97. The third-order valence-corrected chi connectivity index (χ3v) is 4.58. The maximum atomic E-state index is 12.5. The van der Waals surface area contributed by atoms with Crippen molar-refractivity contribution in [3.8, 4) is 0 Å². The van der Waals surface area contributed by atoms with Gasteiger partial charge in [-0.3, -0.25) is 4.90 Å². The molecule has 2 rings (SSSR count). The Balaban J connectivity index is 2.04. The molecule has 2 amide bonds. The van der Waals surface area contributed by atoms with Crippen molar-refractivity contribution in [1.29, 1.82) is 0 Å². The number of likely N-dealkylation sites (N-methyl/N-ethyl adjacent to an activating group) is 2. The zero-order valence-corrected chi connectivity index (χ0v) is 14.8. The van der Waals surface area contributed by atoms with Crippen LogP contribution in [0.5, 0.6) is 0 Å². The van der Waals surface area contributed by atoms with E-state index in [9.17, 15) is 4.79 Å². The lowest BCUT2D eigenvalue weighted by atomic mass is 10.1. The van der Waals surface area contributed by atoms with Crippen LogP contribution < -0.4 is 5.32 Å². The summed E-state index contributed by atoms with van der Waals surface area (Å²) in [5.41, 5.74) is 1.12. The normalized spacial score (nSPS) is 17.5. The number of benzene rings is 1. The molecule has 1 aliphatic heterocycles. The molecule has 0 saturated carbocycles. The molecule has 1 fully saturated rings. The molecule has 0 aliphatic carbocycles. The number of rotatable bonds is 7. The molecule has 1 unspecified atom stereocenters. The van der Waals surface area contributed by atoms with E-state index in [0.29, 0.717) is 13.1 Å². The van der Waals surface area contributed by atoms with Crippen LogP contribution in [0.1, 0.15) is 18.5 Å². The van der Waals surface area contributed by atoms with Gasteiger partial charge >= 0.3 is 6.03 Å². The van der Waals surface area contributed by atoms with Crippen LogP contribution in [-0.4, -0.2) is 85.3 Å². The smallest absolute Gasteiger partial charge is 0.317 e. The number of nitrogens with one attached hydrogen (secondary N) is 1. The Labute approximate surface area is 145 Å². The summed E-state index contributed by atoms with van der Waals surface area (Å²) in [6.07, 6.45) is 0. The number of carbonyl (C=O) groups excluding carboxylic acids is 1. The molecule has 24 heavy (non-hydrogen) atoms. The van der Waals surface area contributed by atoms with Gasteiger partial charge in [0.1, 0.15) is 0 Å². The zero-order chi connectivity index (χ0) is 17.4. The number of amides is 2. The second-order valence-electron chi connectivity index (χ2n) is 6.32. The van der Waals surface area contributed by atoms with Crippen LogP contribution in [0.15, 0.2) is 30.3 Å². The minimum Gasteiger partial charge on any atom is -0.395 e. The molecule has 1 aliphatic rings. The van der Waals surface area contributed by atoms with Crippen molar-refractivity contribution >= 4 is 6.03 Å². The predicted molar refractivity (Wildman–Crippen MR) is 96.0 cm³/mol. The lowest BCUT2D eigenvalue weighted by Gasteiger charge is -2.35. The molecular weight excluding hydrogens is 304 g/mol. The van der Waals surface area contributed by atoms with E-state index in [1.54, 1.807) is 4.90 Å². The molecule has 1 atom stereocenters. The molecule has 0 aromatic heterocycles. The monoisotopic (exact) mass is 334 g/mol. The summed E-state index contributed by atoms with van der Waals surface area (Å²) < 4.78 is 0. The molecule has 2 N–H and O–H groups in total. The van der Waals surface area contributed by atoms with E-state index in [0.717, 1.165) is 38.3 Å². The third kappa shape index (κ3) is 5.47. The Morgan fingerprint density at radius 2 is 1.92 bits per heavy atom. The first-order valence-electron chi connectivity index (χ1n) is 8.76. The maximum absolute atomic E-state index is 12.5. The molecule has 0 bridgehead atoms. The summed E-state index contributed by atoms with van der Waals surface area (Å²) in [5, 5.41) is 12.3. The van der Waals surface area contributed by atoms with Gasteiger partial charge < -0.3 is 20.2 Å². The SMILES string of the molecule is CCN(CCO)C(=O)NC(CN1CCN(C)CC1)c1ccccc1. The summed E-state index contributed by atoms with van der Waals surface area (Å²) in [4.78, 5) is 18.9. The molecular formula is C18H30N4O2. The Morgan fingerprint density at radius 3 is 2.50 bits per heavy atom. The van der Waals surface area contributed by atoms with Gasteiger partial charge in [0.15, 0.2) is 0 Å². The second-order valence-corrected chi connectivity index (χ2v) is 6.32. The van der Waals surface area contributed by atoms with Crippen LogP contribution in [0.2, 0.25) is 0 Å². The van der Waals surface area contributed by atoms with Crippen molar-refractivity contribution in [3.63, 3.8) is 0 Å². The van der Waals surface area contributed by atoms with Crippen LogP contribution in [-0.2, 0) is 0 Å². The molecule has 1 heterocycles. The topological polar surface area (TPSA) is 59.1 Å². The number of aliphatic hydroxyl groups is 1. The van der Waals surface area contributed by atoms with E-state index < -0.39 is 0 Å². The number of hydrogen-bond donors (Lipinski definition) is 2. The fourth-order valence-corrected chi connectivity index (χ4v) is 2.97. The second kappa shape index (κ2) is 9.61. The highest BCUT2D eigenvalue weighted by atomic mass is 16.3. The van der Waals surface area contributed by atoms with Crippen LogP contribution in [0.25, 0.3) is 0 Å². The van der Waals surface area contributed by atoms with Crippen molar-refractivity contribution < 1.29 is 9.90 Å². The van der Waals surface area contributed by atoms with E-state index >= 15 is 0 Å². The minimum absolute atomic E-state index is 0.0181. The highest BCUT2D eigenvalue weighted by molar-refractivity contribution is 5.74. The van der Waals surface area contributed by atoms with Crippen LogP contribution in [0, 0.1) is 0 Å². The number of aliphatic hydroxyl groups excluding tert-OH is 1. The van der Waals surface area contributed by atoms with E-state index in [1.165, 1.54) is 0 Å². The van der Waals surface area contributed by atoms with Gasteiger partial charge in [-0.05, 0) is 19.5 Å². The Bertz CT molecular complexity index is 489. The summed E-state index contributed by atoms with van der Waals surface area (Å²) in [5.74, 6) is 0. The standard InChI is InChI=1S/C18H30N4O2/c1-3-22(13-14-23)18(24)19-17(16-7-5-4-6-8-16)15-21-11-9-20(2)10-12-21/h4-8,17,23H,3,9-15H2,1-2H3,(H,19,24). The fraction of sp³-hybridized carbons (Fsp3) is 0.611. The molecule has 134 valence electrons. The van der Waals surface area contributed by atoms with Gasteiger partial charge in [0.2, 0.25) is 0 Å². The van der Waals surface area contributed by atoms with E-state index in [4.69, 9.17) is 5.11 Å². The van der Waals surface area contributed by atoms with Gasteiger partial charge in [0.25, 0.3) is 0 Å². The Kier molecular flexibility index (Phi) is 7.49. The van der Waals surface area contributed by atoms with Crippen molar-refractivity contribution in [2.24, 2.45) is 0 Å². The summed E-state index contributed by atoms with van der Waals surface area (Å²) >= 11 is 0. The molecule has 0 radical (unpaired) electrons. The number of piperazine rings is 1. The lowest BCUT2D eigenvalue weighted by Crippen LogP contribution is -2.49. The average Bonchev–Trinajstić information content (AvgIpc) is 2.61. The zero-order valence-electron chi connectivity index (χ0n) is 14.8. The van der Waals surface area contributed by atoms with Crippen LogP contribution in [0.3, 0.4) is 0 Å². The van der Waals surface area contributed by atoms with E-state index in [-0.39, 0.29) is 18.7 Å². The first kappa shape index (κ1) is 18.7. The molecule has 6 nitrogen and oxygen atoms in total. The third-order valence-electron chi connectivity index (χ3n) is 4.58. The minimum atomic E-state index is -0.116. The largest absolute Gasteiger partial charge is 0.395 e. The molecule has 0 spiro atoms. The van der Waals surface area contributed by atoms with Gasteiger partial charge in [-0.25, -0.2) is 4.79 Å². The van der Waals surface area contributed by atoms with Crippen molar-refractivity contribution in [2.75, 3.05) is 59.5 Å². The lowest BCUT2D eigenvalue weighted by molar-refractivity contribution is 0.137. The predicted octanol–water partition coefficient (Wildman–Crippen LogP) is 0.999. The molecule has 1 aromatic rings. The van der Waals surface area contributed by atoms with Gasteiger partial charge in [-0.15, -0.1) is 0 Å². The first-order chi connectivity index (χ1) is 11.6. The number of hydrogen-bond acceptors (Lipinski definition) is 4. The van der Waals surface area contributed by atoms with Crippen molar-refractivity contribution in [1.82, 2.24) is 20.0 Å². The molecule has 1 aromatic carbocycles. The van der Waals surface area contributed by atoms with E-state index in [2.05, 4.69) is 34.3 Å². The van der Waals surface area contributed by atoms with Crippen molar-refractivity contribution in [3.05, 3.63) is 35.9 Å². The van der Waals surface area contributed by atoms with Crippen molar-refractivity contribution in [2.45, 2.75) is 13.0 Å². The highest BCUT2D eigenvalue weighted by Gasteiger charge is 2.22. The summed E-state index contributed by atoms with van der Waals surface area (Å²) in [6, 6.07) is 9.95. The summed E-state index contributed by atoms with van der Waals surface area (Å²) in [7, 11) is 2.14. The summed E-state index contributed by atoms with van der Waals surface area (Å²) in [6.45, 7) is 7.81. The molecule has 6 heteroatoms. The average molecular weight is 334 g/mol. The number of nitrogens with zero attached hydrogens (tertiary/aromatic N) is 3. The Hall–Kier alpha value is -1.63. The van der Waals surface area contributed by atoms with Gasteiger partial charge in [-0.1, -0.05) is 30.3 Å². The maximum Gasteiger partial charge on any atom is 0.317 e. The molecule has 1 saturated heterocycles. The van der Waals surface area contributed by atoms with Crippen LogP contribution in [0.4, 0.5) is 4.79 Å². The van der Waals surface area contributed by atoms with Gasteiger partial charge in [0, 0.05) is 45.8 Å². The Morgan fingerprint density at radius 1 is 1.25 bits per heavy atom. The van der Waals surface area contributed by atoms with E-state index in [1.807, 2.05) is 25.1 Å². The first-order valence-corrected chi connectivity index (χ1v) is 8.76. The van der Waals surface area contributed by atoms with Crippen LogP contribution >= 0.6 is 0 Å². The number of carbonyl (C=O) groups is 1. The number of urea groups is 1.